The van der Waals surface area contributed by atoms with E-state index in [1.807, 2.05) is 6.07 Å². The van der Waals surface area contributed by atoms with Gasteiger partial charge < -0.3 is 35.8 Å². The van der Waals surface area contributed by atoms with Gasteiger partial charge in [0.25, 0.3) is 5.91 Å². The van der Waals surface area contributed by atoms with Gasteiger partial charge in [0, 0.05) is 31.0 Å². The number of carboxylic acid groups (broad SMARTS) is 1. The summed E-state index contributed by atoms with van der Waals surface area (Å²) in [6.45, 7) is 4.80. The van der Waals surface area contributed by atoms with Crippen molar-refractivity contribution in [2.45, 2.75) is 13.0 Å². The SMILES string of the molecule is C=C(Nc1ccc2c(c1)OCO2)N(CCC(=O)O)Cc1ccc(C(=O)Nc2ccccc2N)nc1. The Hall–Kier alpha value is -4.73. The van der Waals surface area contributed by atoms with Gasteiger partial charge in [0.2, 0.25) is 6.79 Å². The van der Waals surface area contributed by atoms with Gasteiger partial charge in [-0.1, -0.05) is 24.8 Å². The molecule has 0 saturated carbocycles. The summed E-state index contributed by atoms with van der Waals surface area (Å²) in [6.07, 6.45) is 1.50. The van der Waals surface area contributed by atoms with Gasteiger partial charge in [-0.15, -0.1) is 0 Å². The Bertz CT molecular complexity index is 1250. The highest BCUT2D eigenvalue weighted by Crippen LogP contribution is 2.34. The Labute approximate surface area is 202 Å². The van der Waals surface area contributed by atoms with Crippen LogP contribution in [0, 0.1) is 0 Å². The number of nitrogens with two attached hydrogens (primary N) is 1. The Kier molecular flexibility index (Phi) is 7.01. The molecule has 180 valence electrons. The Morgan fingerprint density at radius 3 is 2.63 bits per heavy atom. The topological polar surface area (TPSA) is 139 Å². The standard InChI is InChI=1S/C25H25N5O5/c1-16(28-18-7-9-22-23(12-18)35-15-34-22)30(11-10-24(31)32)14-17-6-8-21(27-13-17)25(33)29-20-5-3-2-4-19(20)26/h2-9,12-13,28H,1,10-11,14-15,26H2,(H,29,33)(H,31,32). The number of rotatable bonds is 10. The first kappa shape index (κ1) is 23.4. The van der Waals surface area contributed by atoms with Gasteiger partial charge in [-0.2, -0.15) is 0 Å². The van der Waals surface area contributed by atoms with Crippen molar-refractivity contribution in [1.82, 2.24) is 9.88 Å². The third kappa shape index (κ3) is 5.99. The lowest BCUT2D eigenvalue weighted by Crippen LogP contribution is -2.28. The number of nitrogens with one attached hydrogen (secondary N) is 2. The van der Waals surface area contributed by atoms with Crippen molar-refractivity contribution in [1.29, 1.82) is 0 Å². The number of para-hydroxylation sites is 2. The van der Waals surface area contributed by atoms with Gasteiger partial charge in [0.05, 0.1) is 23.6 Å². The molecular weight excluding hydrogens is 450 g/mol. The minimum absolute atomic E-state index is 0.0751. The predicted molar refractivity (Wildman–Crippen MR) is 131 cm³/mol. The van der Waals surface area contributed by atoms with Crippen LogP contribution < -0.4 is 25.8 Å². The zero-order chi connectivity index (χ0) is 24.8. The van der Waals surface area contributed by atoms with Gasteiger partial charge in [-0.25, -0.2) is 0 Å². The second-order valence-electron chi connectivity index (χ2n) is 7.80. The van der Waals surface area contributed by atoms with E-state index in [4.69, 9.17) is 15.2 Å². The maximum atomic E-state index is 12.5. The molecule has 35 heavy (non-hydrogen) atoms. The fraction of sp³-hybridized carbons (Fsp3) is 0.160. The van der Waals surface area contributed by atoms with Crippen molar-refractivity contribution >= 4 is 28.9 Å². The number of aromatic nitrogens is 1. The average Bonchev–Trinajstić information content (AvgIpc) is 3.31. The lowest BCUT2D eigenvalue weighted by Gasteiger charge is -2.27. The minimum atomic E-state index is -0.920. The number of nitrogens with zero attached hydrogens (tertiary/aromatic N) is 2. The van der Waals surface area contributed by atoms with Crippen LogP contribution in [0.3, 0.4) is 0 Å². The van der Waals surface area contributed by atoms with Crippen LogP contribution in [0.2, 0.25) is 0 Å². The van der Waals surface area contributed by atoms with Crippen LogP contribution in [-0.4, -0.2) is 40.2 Å². The summed E-state index contributed by atoms with van der Waals surface area (Å²) in [4.78, 5) is 29.8. The highest BCUT2D eigenvalue weighted by atomic mass is 16.7. The monoisotopic (exact) mass is 475 g/mol. The fourth-order valence-corrected chi connectivity index (χ4v) is 3.43. The van der Waals surface area contributed by atoms with Crippen LogP contribution in [0.5, 0.6) is 11.5 Å². The lowest BCUT2D eigenvalue weighted by molar-refractivity contribution is -0.137. The van der Waals surface area contributed by atoms with Gasteiger partial charge in [-0.05, 0) is 35.9 Å². The molecule has 10 heteroatoms. The molecule has 1 aromatic heterocycles. The first-order valence-electron chi connectivity index (χ1n) is 10.8. The summed E-state index contributed by atoms with van der Waals surface area (Å²) in [5, 5.41) is 15.1. The Balaban J connectivity index is 1.42. The van der Waals surface area contributed by atoms with Crippen molar-refractivity contribution in [2.24, 2.45) is 0 Å². The van der Waals surface area contributed by atoms with Gasteiger partial charge >= 0.3 is 5.97 Å². The molecule has 1 aliphatic heterocycles. The van der Waals surface area contributed by atoms with E-state index < -0.39 is 5.97 Å². The molecule has 0 radical (unpaired) electrons. The summed E-state index contributed by atoms with van der Waals surface area (Å²) in [5.74, 6) is 0.484. The van der Waals surface area contributed by atoms with Crippen LogP contribution in [0.4, 0.5) is 17.1 Å². The first-order valence-corrected chi connectivity index (χ1v) is 10.8. The van der Waals surface area contributed by atoms with Crippen molar-refractivity contribution in [3.8, 4) is 11.5 Å². The molecule has 1 aliphatic rings. The number of anilines is 3. The number of carbonyl (C=O) groups is 2. The summed E-state index contributed by atoms with van der Waals surface area (Å²) in [6, 6.07) is 15.7. The number of carboxylic acids is 1. The average molecular weight is 476 g/mol. The molecule has 4 rings (SSSR count). The number of amides is 1. The summed E-state index contributed by atoms with van der Waals surface area (Å²) in [7, 11) is 0. The van der Waals surface area contributed by atoms with Crippen LogP contribution >= 0.6 is 0 Å². The summed E-state index contributed by atoms with van der Waals surface area (Å²) in [5.41, 5.74) is 8.58. The van der Waals surface area contributed by atoms with E-state index in [-0.39, 0.29) is 31.4 Å². The van der Waals surface area contributed by atoms with Crippen LogP contribution in [-0.2, 0) is 11.3 Å². The van der Waals surface area contributed by atoms with Crippen molar-refractivity contribution in [2.75, 3.05) is 29.7 Å². The molecule has 2 heterocycles. The molecule has 3 aromatic rings. The smallest absolute Gasteiger partial charge is 0.305 e. The number of benzene rings is 2. The minimum Gasteiger partial charge on any atom is -0.481 e. The molecular formula is C25H25N5O5. The van der Waals surface area contributed by atoms with E-state index in [9.17, 15) is 14.7 Å². The van der Waals surface area contributed by atoms with Gasteiger partial charge in [-0.3, -0.25) is 14.6 Å². The second kappa shape index (κ2) is 10.5. The number of pyridine rings is 1. The molecule has 0 bridgehead atoms. The highest BCUT2D eigenvalue weighted by Gasteiger charge is 2.16. The van der Waals surface area contributed by atoms with E-state index in [2.05, 4.69) is 22.2 Å². The number of hydrogen-bond donors (Lipinski definition) is 4. The van der Waals surface area contributed by atoms with E-state index in [1.165, 1.54) is 0 Å². The molecule has 0 spiro atoms. The van der Waals surface area contributed by atoms with Crippen LogP contribution in [0.1, 0.15) is 22.5 Å². The maximum absolute atomic E-state index is 12.5. The predicted octanol–water partition coefficient (Wildman–Crippen LogP) is 3.50. The van der Waals surface area contributed by atoms with Crippen molar-refractivity contribution in [3.05, 3.63) is 84.5 Å². The normalized spacial score (nSPS) is 11.5. The van der Waals surface area contributed by atoms with Crippen LogP contribution in [0.25, 0.3) is 0 Å². The van der Waals surface area contributed by atoms with E-state index >= 15 is 0 Å². The summed E-state index contributed by atoms with van der Waals surface area (Å²) >= 11 is 0. The number of hydrogen-bond acceptors (Lipinski definition) is 8. The Morgan fingerprint density at radius 1 is 1.09 bits per heavy atom. The van der Waals surface area contributed by atoms with Gasteiger partial charge in [0.15, 0.2) is 11.5 Å². The number of aliphatic carboxylic acids is 1. The number of ether oxygens (including phenoxy) is 2. The largest absolute Gasteiger partial charge is 0.481 e. The number of nitrogen functional groups attached to an aromatic ring is 1. The maximum Gasteiger partial charge on any atom is 0.305 e. The van der Waals surface area contributed by atoms with E-state index in [0.717, 1.165) is 11.3 Å². The fourth-order valence-electron chi connectivity index (χ4n) is 3.43. The zero-order valence-corrected chi connectivity index (χ0v) is 18.9. The van der Waals surface area contributed by atoms with Crippen molar-refractivity contribution < 1.29 is 24.2 Å². The van der Waals surface area contributed by atoms with E-state index in [0.29, 0.717) is 35.2 Å². The third-order valence-corrected chi connectivity index (χ3v) is 5.28. The molecule has 0 atom stereocenters. The molecule has 1 amide bonds. The first-order chi connectivity index (χ1) is 16.9. The van der Waals surface area contributed by atoms with Gasteiger partial charge in [0.1, 0.15) is 5.69 Å². The quantitative estimate of drug-likeness (QED) is 0.324. The summed E-state index contributed by atoms with van der Waals surface area (Å²) < 4.78 is 10.7. The number of carbonyl (C=O) groups excluding carboxylic acids is 1. The Morgan fingerprint density at radius 2 is 1.89 bits per heavy atom. The molecule has 2 aromatic carbocycles. The van der Waals surface area contributed by atoms with Crippen molar-refractivity contribution in [3.63, 3.8) is 0 Å². The molecule has 0 aliphatic carbocycles. The number of fused-ring (bicyclic) bond motifs is 1. The van der Waals surface area contributed by atoms with E-state index in [1.54, 1.807) is 59.6 Å². The molecule has 0 fully saturated rings. The lowest BCUT2D eigenvalue weighted by atomic mass is 10.2. The molecule has 10 nitrogen and oxygen atoms in total. The molecule has 5 N–H and O–H groups in total. The molecule has 0 unspecified atom stereocenters. The van der Waals surface area contributed by atoms with Crippen LogP contribution in [0.15, 0.2) is 73.2 Å². The second-order valence-corrected chi connectivity index (χ2v) is 7.80. The third-order valence-electron chi connectivity index (χ3n) is 5.28. The highest BCUT2D eigenvalue weighted by molar-refractivity contribution is 6.04. The zero-order valence-electron chi connectivity index (χ0n) is 18.9. The molecule has 0 saturated heterocycles.